The Kier molecular flexibility index (Phi) is 5.63. The number of nitrogens with zero attached hydrogens (tertiary/aromatic N) is 1. The average molecular weight is 333 g/mol. The molecule has 18 heavy (non-hydrogen) atoms. The van der Waals surface area contributed by atoms with Crippen molar-refractivity contribution in [3.63, 3.8) is 0 Å². The van der Waals surface area contributed by atoms with Crippen molar-refractivity contribution in [1.82, 2.24) is 4.90 Å². The van der Waals surface area contributed by atoms with Crippen LogP contribution in [-0.4, -0.2) is 37.2 Å². The molecule has 2 heterocycles. The maximum Gasteiger partial charge on any atom is 0.0702 e. The molecule has 0 spiro atoms. The Morgan fingerprint density at radius 1 is 1.61 bits per heavy atom. The molecule has 1 saturated heterocycles. The highest BCUT2D eigenvalue weighted by Gasteiger charge is 2.27. The normalized spacial score (nSPS) is 23.2. The van der Waals surface area contributed by atoms with E-state index in [-0.39, 0.29) is 0 Å². The highest BCUT2D eigenvalue weighted by molar-refractivity contribution is 9.11. The lowest BCUT2D eigenvalue weighted by atomic mass is 10.0. The zero-order valence-corrected chi connectivity index (χ0v) is 13.2. The molecule has 2 unspecified atom stereocenters. The summed E-state index contributed by atoms with van der Waals surface area (Å²) in [5.74, 6) is 0. The summed E-state index contributed by atoms with van der Waals surface area (Å²) in [5.41, 5.74) is 5.97. The van der Waals surface area contributed by atoms with Crippen LogP contribution in [0.4, 0.5) is 0 Å². The fraction of sp³-hybridized carbons (Fsp3) is 0.692. The Bertz CT molecular complexity index is 370. The molecule has 0 saturated carbocycles. The molecule has 5 heteroatoms. The van der Waals surface area contributed by atoms with Gasteiger partial charge in [-0.2, -0.15) is 0 Å². The molecule has 2 atom stereocenters. The van der Waals surface area contributed by atoms with Gasteiger partial charge in [0.15, 0.2) is 0 Å². The number of hydrogen-bond donors (Lipinski definition) is 1. The molecule has 1 aliphatic heterocycles. The summed E-state index contributed by atoms with van der Waals surface area (Å²) in [6.45, 7) is 5.67. The molecule has 0 amide bonds. The van der Waals surface area contributed by atoms with Gasteiger partial charge in [-0.3, -0.25) is 4.90 Å². The zero-order valence-electron chi connectivity index (χ0n) is 10.8. The van der Waals surface area contributed by atoms with Gasteiger partial charge in [0.2, 0.25) is 0 Å². The van der Waals surface area contributed by atoms with Crippen LogP contribution in [0.3, 0.4) is 0 Å². The van der Waals surface area contributed by atoms with Crippen molar-refractivity contribution >= 4 is 27.3 Å². The van der Waals surface area contributed by atoms with E-state index in [2.05, 4.69) is 39.9 Å². The minimum atomic E-state index is 0.338. The third kappa shape index (κ3) is 3.54. The van der Waals surface area contributed by atoms with Gasteiger partial charge in [-0.25, -0.2) is 0 Å². The first kappa shape index (κ1) is 14.5. The largest absolute Gasteiger partial charge is 0.377 e. The Morgan fingerprint density at radius 2 is 2.44 bits per heavy atom. The number of nitrogens with two attached hydrogens (primary N) is 1. The SMILES string of the molecule is CCOC1CCCN(C(CN)c2ccc(Br)s2)C1. The number of hydrogen-bond acceptors (Lipinski definition) is 4. The highest BCUT2D eigenvalue weighted by Crippen LogP contribution is 2.32. The van der Waals surface area contributed by atoms with Crippen LogP contribution >= 0.6 is 27.3 Å². The minimum absolute atomic E-state index is 0.338. The summed E-state index contributed by atoms with van der Waals surface area (Å²) >= 11 is 5.31. The number of rotatable bonds is 5. The molecule has 102 valence electrons. The van der Waals surface area contributed by atoms with E-state index >= 15 is 0 Å². The van der Waals surface area contributed by atoms with Crippen LogP contribution in [0, 0.1) is 0 Å². The molecule has 0 bridgehead atoms. The first-order chi connectivity index (χ1) is 8.74. The van der Waals surface area contributed by atoms with Gasteiger partial charge < -0.3 is 10.5 Å². The standard InChI is InChI=1S/C13H21BrN2OS/c1-2-17-10-4-3-7-16(9-10)11(8-15)12-5-6-13(14)18-12/h5-6,10-11H,2-4,7-9,15H2,1H3. The lowest BCUT2D eigenvalue weighted by Gasteiger charge is -2.37. The molecule has 1 aromatic rings. The van der Waals surface area contributed by atoms with E-state index in [1.54, 1.807) is 11.3 Å². The highest BCUT2D eigenvalue weighted by atomic mass is 79.9. The summed E-state index contributed by atoms with van der Waals surface area (Å²) < 4.78 is 6.94. The van der Waals surface area contributed by atoms with E-state index in [1.807, 2.05) is 0 Å². The van der Waals surface area contributed by atoms with Crippen LogP contribution in [0.2, 0.25) is 0 Å². The van der Waals surface area contributed by atoms with Gasteiger partial charge in [0, 0.05) is 24.6 Å². The lowest BCUT2D eigenvalue weighted by molar-refractivity contribution is -0.00615. The molecule has 1 aromatic heterocycles. The summed E-state index contributed by atoms with van der Waals surface area (Å²) in [6, 6.07) is 4.62. The molecule has 3 nitrogen and oxygen atoms in total. The molecule has 0 radical (unpaired) electrons. The number of thiophene rings is 1. The van der Waals surface area contributed by atoms with Gasteiger partial charge >= 0.3 is 0 Å². The van der Waals surface area contributed by atoms with Crippen molar-refractivity contribution in [3.05, 3.63) is 20.8 Å². The molecule has 0 aromatic carbocycles. The molecule has 2 N–H and O–H groups in total. The summed E-state index contributed by atoms with van der Waals surface area (Å²) in [6.07, 6.45) is 2.75. The topological polar surface area (TPSA) is 38.5 Å². The third-order valence-electron chi connectivity index (χ3n) is 3.40. The van der Waals surface area contributed by atoms with Gasteiger partial charge in [0.05, 0.1) is 15.9 Å². The van der Waals surface area contributed by atoms with E-state index in [9.17, 15) is 0 Å². The monoisotopic (exact) mass is 332 g/mol. The second-order valence-corrected chi connectivity index (χ2v) is 7.10. The Morgan fingerprint density at radius 3 is 3.06 bits per heavy atom. The van der Waals surface area contributed by atoms with Gasteiger partial charge in [0.1, 0.15) is 0 Å². The fourth-order valence-electron chi connectivity index (χ4n) is 2.57. The van der Waals surface area contributed by atoms with Crippen LogP contribution in [0.25, 0.3) is 0 Å². The van der Waals surface area contributed by atoms with E-state index in [0.717, 1.165) is 19.7 Å². The van der Waals surface area contributed by atoms with Crippen LogP contribution < -0.4 is 5.73 Å². The fourth-order valence-corrected chi connectivity index (χ4v) is 4.15. The van der Waals surface area contributed by atoms with Gasteiger partial charge in [-0.1, -0.05) is 0 Å². The van der Waals surface area contributed by atoms with E-state index < -0.39 is 0 Å². The van der Waals surface area contributed by atoms with Crippen LogP contribution in [-0.2, 0) is 4.74 Å². The summed E-state index contributed by atoms with van der Waals surface area (Å²) in [7, 11) is 0. The first-order valence-electron chi connectivity index (χ1n) is 6.55. The predicted molar refractivity (Wildman–Crippen MR) is 80.0 cm³/mol. The van der Waals surface area contributed by atoms with Crippen molar-refractivity contribution in [2.75, 3.05) is 26.2 Å². The van der Waals surface area contributed by atoms with Crippen LogP contribution in [0.5, 0.6) is 0 Å². The maximum atomic E-state index is 5.97. The summed E-state index contributed by atoms with van der Waals surface area (Å²) in [5, 5.41) is 0. The number of ether oxygens (including phenoxy) is 1. The van der Waals surface area contributed by atoms with Crippen LogP contribution in [0.15, 0.2) is 15.9 Å². The number of piperidine rings is 1. The molecule has 0 aliphatic carbocycles. The molecule has 1 aliphatic rings. The van der Waals surface area contributed by atoms with Gasteiger partial charge in [-0.05, 0) is 54.4 Å². The van der Waals surface area contributed by atoms with Crippen molar-refractivity contribution in [2.24, 2.45) is 5.73 Å². The van der Waals surface area contributed by atoms with E-state index in [1.165, 1.54) is 21.5 Å². The molecule has 1 fully saturated rings. The predicted octanol–water partition coefficient (Wildman–Crippen LogP) is 3.01. The van der Waals surface area contributed by atoms with Gasteiger partial charge in [-0.15, -0.1) is 11.3 Å². The maximum absolute atomic E-state index is 5.97. The Balaban J connectivity index is 2.03. The molecule has 2 rings (SSSR count). The average Bonchev–Trinajstić information content (AvgIpc) is 2.78. The van der Waals surface area contributed by atoms with Crippen molar-refractivity contribution in [3.8, 4) is 0 Å². The Hall–Kier alpha value is 0.0600. The second-order valence-electron chi connectivity index (χ2n) is 4.61. The lowest BCUT2D eigenvalue weighted by Crippen LogP contribution is -2.43. The van der Waals surface area contributed by atoms with E-state index in [0.29, 0.717) is 18.7 Å². The smallest absolute Gasteiger partial charge is 0.0702 e. The van der Waals surface area contributed by atoms with Crippen molar-refractivity contribution in [2.45, 2.75) is 31.9 Å². The molecular weight excluding hydrogens is 312 g/mol. The van der Waals surface area contributed by atoms with Crippen molar-refractivity contribution in [1.29, 1.82) is 0 Å². The van der Waals surface area contributed by atoms with Crippen molar-refractivity contribution < 1.29 is 4.74 Å². The quantitative estimate of drug-likeness (QED) is 0.900. The van der Waals surface area contributed by atoms with E-state index in [4.69, 9.17) is 10.5 Å². The second kappa shape index (κ2) is 7.01. The number of halogens is 1. The summed E-state index contributed by atoms with van der Waals surface area (Å²) in [4.78, 5) is 3.82. The zero-order chi connectivity index (χ0) is 13.0. The third-order valence-corrected chi connectivity index (χ3v) is 5.12. The number of likely N-dealkylation sites (tertiary alicyclic amines) is 1. The minimum Gasteiger partial charge on any atom is -0.377 e. The van der Waals surface area contributed by atoms with Crippen LogP contribution in [0.1, 0.15) is 30.7 Å². The molecular formula is C13H21BrN2OS. The van der Waals surface area contributed by atoms with Gasteiger partial charge in [0.25, 0.3) is 0 Å². The first-order valence-corrected chi connectivity index (χ1v) is 8.16. The Labute approximate surface area is 121 Å².